The molecule has 0 bridgehead atoms. The number of nitrogens with zero attached hydrogens (tertiary/aromatic N) is 1. The minimum Gasteiger partial charge on any atom is -0.328 e. The Hall–Kier alpha value is -1.41. The third kappa shape index (κ3) is 4.53. The van der Waals surface area contributed by atoms with Crippen LogP contribution in [0.5, 0.6) is 0 Å². The predicted octanol–water partition coefficient (Wildman–Crippen LogP) is 2.58. The fourth-order valence-electron chi connectivity index (χ4n) is 2.24. The Labute approximate surface area is 105 Å². The van der Waals surface area contributed by atoms with Gasteiger partial charge in [-0.15, -0.1) is 11.8 Å². The third-order valence-corrected chi connectivity index (χ3v) is 3.18. The highest BCUT2D eigenvalue weighted by molar-refractivity contribution is 5.79. The average molecular weight is 231 g/mol. The molecule has 1 rings (SSSR count). The van der Waals surface area contributed by atoms with Crippen molar-refractivity contribution in [3.8, 4) is 23.7 Å². The maximum Gasteiger partial charge on any atom is 0.235 e. The molecule has 0 radical (unpaired) electrons. The SMILES string of the molecule is CC#CCC(=O)N(CC#CC)C1CCCCC1. The second-order valence-electron chi connectivity index (χ2n) is 4.34. The molecule has 1 aliphatic carbocycles. The van der Waals surface area contributed by atoms with E-state index in [1.54, 1.807) is 6.92 Å². The smallest absolute Gasteiger partial charge is 0.235 e. The lowest BCUT2D eigenvalue weighted by molar-refractivity contribution is -0.132. The highest BCUT2D eigenvalue weighted by atomic mass is 16.2. The van der Waals surface area contributed by atoms with E-state index < -0.39 is 0 Å². The molecule has 1 saturated carbocycles. The number of carbonyl (C=O) groups excluding carboxylic acids is 1. The summed E-state index contributed by atoms with van der Waals surface area (Å²) in [5.74, 6) is 11.6. The van der Waals surface area contributed by atoms with Crippen molar-refractivity contribution in [2.45, 2.75) is 58.4 Å². The summed E-state index contributed by atoms with van der Waals surface area (Å²) in [4.78, 5) is 14.0. The van der Waals surface area contributed by atoms with Crippen molar-refractivity contribution in [2.75, 3.05) is 6.54 Å². The van der Waals surface area contributed by atoms with Crippen molar-refractivity contribution in [2.24, 2.45) is 0 Å². The van der Waals surface area contributed by atoms with E-state index >= 15 is 0 Å². The molecule has 0 heterocycles. The largest absolute Gasteiger partial charge is 0.328 e. The van der Waals surface area contributed by atoms with Gasteiger partial charge in [0.2, 0.25) is 5.91 Å². The minimum absolute atomic E-state index is 0.133. The van der Waals surface area contributed by atoms with Crippen LogP contribution in [0.1, 0.15) is 52.4 Å². The zero-order valence-electron chi connectivity index (χ0n) is 10.9. The van der Waals surface area contributed by atoms with E-state index in [1.807, 2.05) is 11.8 Å². The molecule has 0 saturated heterocycles. The minimum atomic E-state index is 0.133. The molecule has 0 spiro atoms. The normalized spacial score (nSPS) is 15.2. The molecule has 92 valence electrons. The summed E-state index contributed by atoms with van der Waals surface area (Å²) in [6, 6.07) is 0.385. The van der Waals surface area contributed by atoms with E-state index in [1.165, 1.54) is 19.3 Å². The van der Waals surface area contributed by atoms with E-state index in [4.69, 9.17) is 0 Å². The molecular weight excluding hydrogens is 210 g/mol. The number of hydrogen-bond donors (Lipinski definition) is 0. The molecule has 0 atom stereocenters. The van der Waals surface area contributed by atoms with Crippen LogP contribution in [0.4, 0.5) is 0 Å². The van der Waals surface area contributed by atoms with E-state index in [-0.39, 0.29) is 5.91 Å². The van der Waals surface area contributed by atoms with E-state index in [2.05, 4.69) is 23.7 Å². The summed E-state index contributed by atoms with van der Waals surface area (Å²) in [5.41, 5.74) is 0. The van der Waals surface area contributed by atoms with Gasteiger partial charge < -0.3 is 4.90 Å². The van der Waals surface area contributed by atoms with Gasteiger partial charge in [-0.05, 0) is 26.7 Å². The summed E-state index contributed by atoms with van der Waals surface area (Å²) < 4.78 is 0. The third-order valence-electron chi connectivity index (χ3n) is 3.18. The van der Waals surface area contributed by atoms with Gasteiger partial charge in [0.15, 0.2) is 0 Å². The lowest BCUT2D eigenvalue weighted by Crippen LogP contribution is -2.41. The second-order valence-corrected chi connectivity index (χ2v) is 4.34. The monoisotopic (exact) mass is 231 g/mol. The number of amides is 1. The summed E-state index contributed by atoms with van der Waals surface area (Å²) in [6.45, 7) is 4.14. The maximum atomic E-state index is 12.1. The summed E-state index contributed by atoms with van der Waals surface area (Å²) in [5, 5.41) is 0. The highest BCUT2D eigenvalue weighted by Gasteiger charge is 2.23. The summed E-state index contributed by atoms with van der Waals surface area (Å²) in [7, 11) is 0. The molecule has 17 heavy (non-hydrogen) atoms. The van der Waals surface area contributed by atoms with Crippen molar-refractivity contribution >= 4 is 5.91 Å². The van der Waals surface area contributed by atoms with Crippen molar-refractivity contribution < 1.29 is 4.79 Å². The summed E-state index contributed by atoms with van der Waals surface area (Å²) >= 11 is 0. The molecule has 2 nitrogen and oxygen atoms in total. The molecule has 0 unspecified atom stereocenters. The van der Waals surface area contributed by atoms with Crippen LogP contribution in [-0.2, 0) is 4.79 Å². The van der Waals surface area contributed by atoms with Crippen LogP contribution in [0.15, 0.2) is 0 Å². The number of carbonyl (C=O) groups is 1. The Kier molecular flexibility index (Phi) is 6.26. The zero-order chi connectivity index (χ0) is 12.5. The van der Waals surface area contributed by atoms with Crippen molar-refractivity contribution in [1.29, 1.82) is 0 Å². The van der Waals surface area contributed by atoms with E-state index in [0.717, 1.165) is 12.8 Å². The number of rotatable bonds is 3. The van der Waals surface area contributed by atoms with Crippen LogP contribution < -0.4 is 0 Å². The first-order chi connectivity index (χ1) is 8.29. The van der Waals surface area contributed by atoms with E-state index in [9.17, 15) is 4.79 Å². The fourth-order valence-corrected chi connectivity index (χ4v) is 2.24. The van der Waals surface area contributed by atoms with Crippen LogP contribution in [0.25, 0.3) is 0 Å². The quantitative estimate of drug-likeness (QED) is 0.684. The van der Waals surface area contributed by atoms with Gasteiger partial charge in [-0.2, -0.15) is 0 Å². The first-order valence-electron chi connectivity index (χ1n) is 6.38. The lowest BCUT2D eigenvalue weighted by Gasteiger charge is -2.32. The molecule has 0 N–H and O–H groups in total. The van der Waals surface area contributed by atoms with Gasteiger partial charge in [0.25, 0.3) is 0 Å². The predicted molar refractivity (Wildman–Crippen MR) is 70.1 cm³/mol. The fraction of sp³-hybridized carbons (Fsp3) is 0.667. The molecular formula is C15H21NO. The Morgan fingerprint density at radius 2 is 1.76 bits per heavy atom. The maximum absolute atomic E-state index is 12.1. The highest BCUT2D eigenvalue weighted by Crippen LogP contribution is 2.22. The van der Waals surface area contributed by atoms with Gasteiger partial charge >= 0.3 is 0 Å². The second kappa shape index (κ2) is 7.80. The van der Waals surface area contributed by atoms with E-state index in [0.29, 0.717) is 19.0 Å². The number of hydrogen-bond acceptors (Lipinski definition) is 1. The summed E-state index contributed by atoms with van der Waals surface area (Å²) in [6.07, 6.45) is 6.33. The van der Waals surface area contributed by atoms with Gasteiger partial charge in [0.05, 0.1) is 13.0 Å². The van der Waals surface area contributed by atoms with Crippen molar-refractivity contribution in [3.63, 3.8) is 0 Å². The molecule has 1 aliphatic rings. The van der Waals surface area contributed by atoms with Crippen molar-refractivity contribution in [1.82, 2.24) is 4.90 Å². The van der Waals surface area contributed by atoms with Gasteiger partial charge in [-0.25, -0.2) is 0 Å². The Balaban J connectivity index is 2.64. The van der Waals surface area contributed by atoms with Crippen LogP contribution in [-0.4, -0.2) is 23.4 Å². The Bertz CT molecular complexity index is 358. The topological polar surface area (TPSA) is 20.3 Å². The van der Waals surface area contributed by atoms with Crippen LogP contribution >= 0.6 is 0 Å². The first kappa shape index (κ1) is 13.7. The van der Waals surface area contributed by atoms with Gasteiger partial charge in [-0.1, -0.05) is 31.1 Å². The molecule has 0 aromatic rings. The first-order valence-corrected chi connectivity index (χ1v) is 6.38. The standard InChI is InChI=1S/C15H21NO/c1-3-5-12-15(17)16(13-6-4-2)14-10-8-7-9-11-14/h14H,7-13H2,1-2H3. The molecule has 0 aromatic heterocycles. The van der Waals surface area contributed by atoms with Crippen LogP contribution in [0.3, 0.4) is 0 Å². The van der Waals surface area contributed by atoms with Crippen LogP contribution in [0.2, 0.25) is 0 Å². The Morgan fingerprint density at radius 1 is 1.12 bits per heavy atom. The van der Waals surface area contributed by atoms with Crippen molar-refractivity contribution in [3.05, 3.63) is 0 Å². The van der Waals surface area contributed by atoms with Crippen LogP contribution in [0, 0.1) is 23.7 Å². The molecule has 0 aliphatic heterocycles. The van der Waals surface area contributed by atoms with Gasteiger partial charge in [0.1, 0.15) is 0 Å². The average Bonchev–Trinajstić information content (AvgIpc) is 2.38. The molecule has 1 fully saturated rings. The van der Waals surface area contributed by atoms with Gasteiger partial charge in [-0.3, -0.25) is 4.79 Å². The Morgan fingerprint density at radius 3 is 2.35 bits per heavy atom. The molecule has 0 aromatic carbocycles. The van der Waals surface area contributed by atoms with Gasteiger partial charge in [0, 0.05) is 6.04 Å². The molecule has 1 amide bonds. The molecule has 2 heteroatoms. The zero-order valence-corrected chi connectivity index (χ0v) is 10.9. The lowest BCUT2D eigenvalue weighted by atomic mass is 9.94.